The second kappa shape index (κ2) is 4.84. The maximum atomic E-state index is 12.3. The van der Waals surface area contributed by atoms with Crippen molar-refractivity contribution in [3.05, 3.63) is 0 Å². The maximum Gasteiger partial charge on any atom is 0.401 e. The molecule has 100 valence electrons. The van der Waals surface area contributed by atoms with Gasteiger partial charge in [0.05, 0.1) is 6.54 Å². The van der Waals surface area contributed by atoms with Crippen molar-refractivity contribution in [1.82, 2.24) is 4.90 Å². The van der Waals surface area contributed by atoms with Gasteiger partial charge in [0.15, 0.2) is 0 Å². The zero-order valence-corrected chi connectivity index (χ0v) is 10.3. The summed E-state index contributed by atoms with van der Waals surface area (Å²) in [5.74, 6) is -0.556. The molecule has 0 amide bonds. The van der Waals surface area contributed by atoms with Gasteiger partial charge in [0, 0.05) is 0 Å². The van der Waals surface area contributed by atoms with E-state index < -0.39 is 30.3 Å². The lowest BCUT2D eigenvalue weighted by Crippen LogP contribution is -2.44. The maximum absolute atomic E-state index is 12.3. The third-order valence-corrected chi connectivity index (χ3v) is 2.42. The number of ether oxygens (including phenoxy) is 1. The fraction of sp³-hybridized carbons (Fsp3) is 0.909. The van der Waals surface area contributed by atoms with Gasteiger partial charge < -0.3 is 4.74 Å². The molecule has 1 aliphatic rings. The second-order valence-corrected chi connectivity index (χ2v) is 5.28. The molecule has 1 fully saturated rings. The average Bonchev–Trinajstić information content (AvgIpc) is 2.45. The van der Waals surface area contributed by atoms with Gasteiger partial charge >= 0.3 is 12.1 Å². The summed E-state index contributed by atoms with van der Waals surface area (Å²) < 4.78 is 42.0. The molecule has 0 spiro atoms. The highest BCUT2D eigenvalue weighted by Gasteiger charge is 2.40. The molecule has 0 aromatic heterocycles. The van der Waals surface area contributed by atoms with Gasteiger partial charge in [-0.15, -0.1) is 0 Å². The van der Waals surface area contributed by atoms with Crippen LogP contribution in [0.4, 0.5) is 13.2 Å². The molecular weight excluding hydrogens is 235 g/mol. The average molecular weight is 253 g/mol. The van der Waals surface area contributed by atoms with Crippen molar-refractivity contribution in [1.29, 1.82) is 0 Å². The fourth-order valence-corrected chi connectivity index (χ4v) is 1.88. The molecule has 0 N–H and O–H groups in total. The Kier molecular flexibility index (Phi) is 4.06. The lowest BCUT2D eigenvalue weighted by molar-refractivity contribution is -0.169. The van der Waals surface area contributed by atoms with E-state index in [0.717, 1.165) is 4.90 Å². The van der Waals surface area contributed by atoms with Crippen LogP contribution in [-0.2, 0) is 9.53 Å². The number of halogens is 3. The van der Waals surface area contributed by atoms with E-state index in [2.05, 4.69) is 0 Å². The minimum atomic E-state index is -4.27. The predicted octanol–water partition coefficient (Wildman–Crippen LogP) is 2.35. The largest absolute Gasteiger partial charge is 0.459 e. The number of hydrogen-bond acceptors (Lipinski definition) is 3. The van der Waals surface area contributed by atoms with Crippen LogP contribution in [0, 0.1) is 0 Å². The van der Waals surface area contributed by atoms with Crippen LogP contribution >= 0.6 is 0 Å². The van der Waals surface area contributed by atoms with Crippen molar-refractivity contribution in [2.75, 3.05) is 13.1 Å². The molecule has 0 aromatic rings. The Morgan fingerprint density at radius 2 is 1.94 bits per heavy atom. The summed E-state index contributed by atoms with van der Waals surface area (Å²) in [6.45, 7) is 4.36. The summed E-state index contributed by atoms with van der Waals surface area (Å²) in [7, 11) is 0. The summed E-state index contributed by atoms with van der Waals surface area (Å²) in [4.78, 5) is 12.9. The molecule has 1 rings (SSSR count). The fourth-order valence-electron chi connectivity index (χ4n) is 1.88. The highest BCUT2D eigenvalue weighted by molar-refractivity contribution is 5.76. The highest BCUT2D eigenvalue weighted by atomic mass is 19.4. The van der Waals surface area contributed by atoms with Gasteiger partial charge in [0.1, 0.15) is 11.6 Å². The third-order valence-electron chi connectivity index (χ3n) is 2.42. The summed E-state index contributed by atoms with van der Waals surface area (Å²) >= 11 is 0. The molecule has 6 heteroatoms. The number of carbonyl (C=O) groups excluding carboxylic acids is 1. The van der Waals surface area contributed by atoms with E-state index in [9.17, 15) is 18.0 Å². The quantitative estimate of drug-likeness (QED) is 0.707. The summed E-state index contributed by atoms with van der Waals surface area (Å²) in [5.41, 5.74) is -0.663. The molecule has 0 bridgehead atoms. The van der Waals surface area contributed by atoms with Crippen LogP contribution in [0.3, 0.4) is 0 Å². The molecule has 1 aliphatic heterocycles. The van der Waals surface area contributed by atoms with Crippen molar-refractivity contribution >= 4 is 5.97 Å². The number of esters is 1. The first-order chi connectivity index (χ1) is 7.58. The van der Waals surface area contributed by atoms with Crippen LogP contribution in [0.15, 0.2) is 0 Å². The standard InChI is InChI=1S/C11H18F3NO2/c1-10(2,3)17-9(16)8-5-4-6-15(8)7-11(12,13)14/h8H,4-7H2,1-3H3/t8-/m1/s1. The van der Waals surface area contributed by atoms with Gasteiger partial charge in [-0.25, -0.2) is 0 Å². The topological polar surface area (TPSA) is 29.5 Å². The Morgan fingerprint density at radius 3 is 2.41 bits per heavy atom. The molecule has 0 aliphatic carbocycles. The van der Waals surface area contributed by atoms with Crippen molar-refractivity contribution < 1.29 is 22.7 Å². The van der Waals surface area contributed by atoms with E-state index >= 15 is 0 Å². The molecule has 0 unspecified atom stereocenters. The van der Waals surface area contributed by atoms with Gasteiger partial charge in [-0.05, 0) is 40.2 Å². The highest BCUT2D eigenvalue weighted by Crippen LogP contribution is 2.25. The minimum absolute atomic E-state index is 0.295. The van der Waals surface area contributed by atoms with Crippen LogP contribution in [0.5, 0.6) is 0 Å². The number of alkyl halides is 3. The number of nitrogens with zero attached hydrogens (tertiary/aromatic N) is 1. The van der Waals surface area contributed by atoms with Gasteiger partial charge in [-0.1, -0.05) is 0 Å². The SMILES string of the molecule is CC(C)(C)OC(=O)[C@H]1CCCN1CC(F)(F)F. The Balaban J connectivity index is 2.60. The van der Waals surface area contributed by atoms with E-state index in [1.165, 1.54) is 0 Å². The van der Waals surface area contributed by atoms with Gasteiger partial charge in [0.25, 0.3) is 0 Å². The molecule has 1 atom stereocenters. The summed E-state index contributed by atoms with van der Waals surface area (Å²) in [5, 5.41) is 0. The molecule has 1 heterocycles. The number of likely N-dealkylation sites (tertiary alicyclic amines) is 1. The summed E-state index contributed by atoms with van der Waals surface area (Å²) in [6.07, 6.45) is -3.24. The zero-order chi connectivity index (χ0) is 13.3. The second-order valence-electron chi connectivity index (χ2n) is 5.28. The molecule has 0 aromatic carbocycles. The van der Waals surface area contributed by atoms with Gasteiger partial charge in [-0.3, -0.25) is 9.69 Å². The minimum Gasteiger partial charge on any atom is -0.459 e. The Hall–Kier alpha value is -0.780. The lowest BCUT2D eigenvalue weighted by atomic mass is 10.1. The molecule has 0 saturated carbocycles. The zero-order valence-electron chi connectivity index (χ0n) is 10.3. The van der Waals surface area contributed by atoms with E-state index in [4.69, 9.17) is 4.74 Å². The normalized spacial score (nSPS) is 22.8. The number of rotatable bonds is 2. The Bertz CT molecular complexity index is 283. The number of carbonyl (C=O) groups is 1. The van der Waals surface area contributed by atoms with Crippen molar-refractivity contribution in [2.24, 2.45) is 0 Å². The van der Waals surface area contributed by atoms with Crippen LogP contribution in [-0.4, -0.2) is 41.8 Å². The number of hydrogen-bond donors (Lipinski definition) is 0. The predicted molar refractivity (Wildman–Crippen MR) is 56.5 cm³/mol. The van der Waals surface area contributed by atoms with E-state index in [-0.39, 0.29) is 0 Å². The van der Waals surface area contributed by atoms with Crippen LogP contribution < -0.4 is 0 Å². The van der Waals surface area contributed by atoms with Gasteiger partial charge in [0.2, 0.25) is 0 Å². The van der Waals surface area contributed by atoms with E-state index in [1.807, 2.05) is 0 Å². The monoisotopic (exact) mass is 253 g/mol. The van der Waals surface area contributed by atoms with Crippen molar-refractivity contribution in [2.45, 2.75) is 51.4 Å². The molecular formula is C11H18F3NO2. The van der Waals surface area contributed by atoms with Crippen LogP contribution in [0.1, 0.15) is 33.6 Å². The molecule has 0 radical (unpaired) electrons. The van der Waals surface area contributed by atoms with Crippen LogP contribution in [0.25, 0.3) is 0 Å². The summed E-state index contributed by atoms with van der Waals surface area (Å²) in [6, 6.07) is -0.754. The lowest BCUT2D eigenvalue weighted by Gasteiger charge is -2.27. The van der Waals surface area contributed by atoms with Crippen LogP contribution in [0.2, 0.25) is 0 Å². The first-order valence-corrected chi connectivity index (χ1v) is 5.62. The first-order valence-electron chi connectivity index (χ1n) is 5.62. The molecule has 17 heavy (non-hydrogen) atoms. The molecule has 1 saturated heterocycles. The first kappa shape index (κ1) is 14.3. The van der Waals surface area contributed by atoms with Gasteiger partial charge in [-0.2, -0.15) is 13.2 Å². The Labute approximate surface area is 98.9 Å². The van der Waals surface area contributed by atoms with Crippen molar-refractivity contribution in [3.8, 4) is 0 Å². The van der Waals surface area contributed by atoms with E-state index in [1.54, 1.807) is 20.8 Å². The van der Waals surface area contributed by atoms with Crippen molar-refractivity contribution in [3.63, 3.8) is 0 Å². The van der Waals surface area contributed by atoms with E-state index in [0.29, 0.717) is 19.4 Å². The smallest absolute Gasteiger partial charge is 0.401 e. The molecule has 3 nitrogen and oxygen atoms in total. The third kappa shape index (κ3) is 4.93. The Morgan fingerprint density at radius 1 is 1.35 bits per heavy atom.